The van der Waals surface area contributed by atoms with Crippen LogP contribution in [0.1, 0.15) is 39.6 Å². The molecular formula is C27H28N2O2. The van der Waals surface area contributed by atoms with Crippen molar-refractivity contribution in [1.82, 2.24) is 10.3 Å². The molecule has 0 fully saturated rings. The second-order valence-electron chi connectivity index (χ2n) is 8.26. The Morgan fingerprint density at radius 1 is 0.968 bits per heavy atom. The Bertz CT molecular complexity index is 1240. The number of ether oxygens (including phenoxy) is 2. The zero-order valence-corrected chi connectivity index (χ0v) is 18.3. The average Bonchev–Trinajstić information content (AvgIpc) is 3.19. The van der Waals surface area contributed by atoms with Gasteiger partial charge in [-0.1, -0.05) is 36.4 Å². The van der Waals surface area contributed by atoms with Gasteiger partial charge in [-0.05, 0) is 66.8 Å². The van der Waals surface area contributed by atoms with Crippen molar-refractivity contribution >= 4 is 10.9 Å². The molecule has 4 heteroatoms. The van der Waals surface area contributed by atoms with E-state index in [2.05, 4.69) is 72.7 Å². The van der Waals surface area contributed by atoms with Gasteiger partial charge in [0.1, 0.15) is 18.1 Å². The Morgan fingerprint density at radius 2 is 1.84 bits per heavy atom. The van der Waals surface area contributed by atoms with Crippen molar-refractivity contribution in [1.29, 1.82) is 0 Å². The lowest BCUT2D eigenvalue weighted by Crippen LogP contribution is -2.30. The van der Waals surface area contributed by atoms with Crippen LogP contribution in [-0.4, -0.2) is 18.6 Å². The molecule has 0 spiro atoms. The summed E-state index contributed by atoms with van der Waals surface area (Å²) in [5.41, 5.74) is 8.56. The monoisotopic (exact) mass is 412 g/mol. The van der Waals surface area contributed by atoms with Crippen molar-refractivity contribution in [3.63, 3.8) is 0 Å². The van der Waals surface area contributed by atoms with Crippen LogP contribution in [0.5, 0.6) is 11.5 Å². The lowest BCUT2D eigenvalue weighted by Gasteiger charge is -2.25. The van der Waals surface area contributed by atoms with Gasteiger partial charge in [-0.15, -0.1) is 0 Å². The molecule has 0 radical (unpaired) electrons. The van der Waals surface area contributed by atoms with Crippen LogP contribution in [0.15, 0.2) is 60.7 Å². The van der Waals surface area contributed by atoms with E-state index in [9.17, 15) is 0 Å². The first-order chi connectivity index (χ1) is 15.2. The second kappa shape index (κ2) is 8.12. The van der Waals surface area contributed by atoms with E-state index in [-0.39, 0.29) is 6.04 Å². The summed E-state index contributed by atoms with van der Waals surface area (Å²) < 4.78 is 11.8. The van der Waals surface area contributed by atoms with Gasteiger partial charge in [-0.3, -0.25) is 0 Å². The Labute approximate surface area is 183 Å². The minimum absolute atomic E-state index is 0.126. The summed E-state index contributed by atoms with van der Waals surface area (Å²) in [6.45, 7) is 5.63. The molecule has 0 saturated heterocycles. The molecule has 0 bridgehead atoms. The zero-order chi connectivity index (χ0) is 21.4. The first-order valence-electron chi connectivity index (χ1n) is 10.8. The summed E-state index contributed by atoms with van der Waals surface area (Å²) in [7, 11) is 1.71. The molecule has 0 unspecified atom stereocenters. The number of aromatic amines is 1. The zero-order valence-electron chi connectivity index (χ0n) is 18.3. The van der Waals surface area contributed by atoms with Gasteiger partial charge < -0.3 is 19.8 Å². The summed E-state index contributed by atoms with van der Waals surface area (Å²) in [6, 6.07) is 21.3. The van der Waals surface area contributed by atoms with E-state index < -0.39 is 0 Å². The lowest BCUT2D eigenvalue weighted by molar-refractivity contribution is 0.294. The van der Waals surface area contributed by atoms with Gasteiger partial charge in [0, 0.05) is 28.7 Å². The Kier molecular flexibility index (Phi) is 5.16. The van der Waals surface area contributed by atoms with E-state index in [1.165, 1.54) is 38.9 Å². The fourth-order valence-corrected chi connectivity index (χ4v) is 4.59. The number of H-pyrrole nitrogens is 1. The minimum Gasteiger partial charge on any atom is -0.496 e. The molecule has 3 aromatic carbocycles. The molecular weight excluding hydrogens is 384 g/mol. The predicted molar refractivity (Wildman–Crippen MR) is 125 cm³/mol. The van der Waals surface area contributed by atoms with Gasteiger partial charge in [0.05, 0.1) is 13.2 Å². The molecule has 1 aromatic heterocycles. The summed E-state index contributed by atoms with van der Waals surface area (Å²) >= 11 is 0. The number of hydrogen-bond acceptors (Lipinski definition) is 3. The first kappa shape index (κ1) is 19.7. The number of hydrogen-bond donors (Lipinski definition) is 2. The van der Waals surface area contributed by atoms with E-state index in [0.717, 1.165) is 30.0 Å². The van der Waals surface area contributed by atoms with Crippen LogP contribution in [0.25, 0.3) is 10.9 Å². The quantitative estimate of drug-likeness (QED) is 0.448. The highest BCUT2D eigenvalue weighted by Crippen LogP contribution is 2.35. The maximum Gasteiger partial charge on any atom is 0.125 e. The molecule has 158 valence electrons. The SMILES string of the molecule is COc1ccc([C@@H]2NCCc3c2[nH]c2ccccc32)cc1COc1cccc(C)c1C. The maximum atomic E-state index is 6.20. The minimum atomic E-state index is 0.126. The number of benzene rings is 3. The van der Waals surface area contributed by atoms with Crippen LogP contribution >= 0.6 is 0 Å². The van der Waals surface area contributed by atoms with Crippen molar-refractivity contribution in [2.75, 3.05) is 13.7 Å². The topological polar surface area (TPSA) is 46.3 Å². The fraction of sp³-hybridized carbons (Fsp3) is 0.259. The number of fused-ring (bicyclic) bond motifs is 3. The van der Waals surface area contributed by atoms with E-state index in [1.54, 1.807) is 7.11 Å². The summed E-state index contributed by atoms with van der Waals surface area (Å²) in [6.07, 6.45) is 1.04. The van der Waals surface area contributed by atoms with Crippen LogP contribution in [0.3, 0.4) is 0 Å². The molecule has 0 saturated carbocycles. The highest BCUT2D eigenvalue weighted by molar-refractivity contribution is 5.85. The molecule has 1 aliphatic rings. The van der Waals surface area contributed by atoms with Gasteiger partial charge >= 0.3 is 0 Å². The first-order valence-corrected chi connectivity index (χ1v) is 10.8. The number of aromatic nitrogens is 1. The highest BCUT2D eigenvalue weighted by atomic mass is 16.5. The number of rotatable bonds is 5. The van der Waals surface area contributed by atoms with E-state index in [4.69, 9.17) is 9.47 Å². The third-order valence-electron chi connectivity index (χ3n) is 6.43. The number of methoxy groups -OCH3 is 1. The second-order valence-corrected chi connectivity index (χ2v) is 8.26. The largest absolute Gasteiger partial charge is 0.496 e. The van der Waals surface area contributed by atoms with Crippen molar-refractivity contribution < 1.29 is 9.47 Å². The molecule has 4 nitrogen and oxygen atoms in total. The third-order valence-corrected chi connectivity index (χ3v) is 6.43. The highest BCUT2D eigenvalue weighted by Gasteiger charge is 2.25. The van der Waals surface area contributed by atoms with E-state index >= 15 is 0 Å². The summed E-state index contributed by atoms with van der Waals surface area (Å²) in [4.78, 5) is 3.66. The van der Waals surface area contributed by atoms with Crippen LogP contribution < -0.4 is 14.8 Å². The Hall–Kier alpha value is -3.24. The Balaban J connectivity index is 1.48. The van der Waals surface area contributed by atoms with Gasteiger partial charge in [-0.25, -0.2) is 0 Å². The molecule has 0 aliphatic carbocycles. The summed E-state index contributed by atoms with van der Waals surface area (Å²) in [5.74, 6) is 1.77. The van der Waals surface area contributed by atoms with Crippen molar-refractivity contribution in [2.45, 2.75) is 32.9 Å². The summed E-state index contributed by atoms with van der Waals surface area (Å²) in [5, 5.41) is 5.02. The number of nitrogens with one attached hydrogen (secondary N) is 2. The molecule has 2 N–H and O–H groups in total. The predicted octanol–water partition coefficient (Wildman–Crippen LogP) is 5.61. The maximum absolute atomic E-state index is 6.20. The lowest BCUT2D eigenvalue weighted by atomic mass is 9.93. The van der Waals surface area contributed by atoms with Crippen LogP contribution in [-0.2, 0) is 13.0 Å². The van der Waals surface area contributed by atoms with Crippen LogP contribution in [0.2, 0.25) is 0 Å². The molecule has 5 rings (SSSR count). The Morgan fingerprint density at radius 3 is 2.71 bits per heavy atom. The average molecular weight is 413 g/mol. The molecule has 1 aliphatic heterocycles. The smallest absolute Gasteiger partial charge is 0.125 e. The normalized spacial score (nSPS) is 15.6. The molecule has 0 amide bonds. The molecule has 1 atom stereocenters. The standard InChI is InChI=1S/C27H28N2O2/c1-17-7-6-10-24(18(17)2)31-16-20-15-19(11-12-25(20)30-3)26-27-22(13-14-28-26)21-8-4-5-9-23(21)29-27/h4-12,15,26,28-29H,13-14,16H2,1-3H3/t26-/m0/s1. The van der Waals surface area contributed by atoms with E-state index in [1.807, 2.05) is 12.1 Å². The van der Waals surface area contributed by atoms with Crippen LogP contribution in [0, 0.1) is 13.8 Å². The fourth-order valence-electron chi connectivity index (χ4n) is 4.59. The van der Waals surface area contributed by atoms with E-state index in [0.29, 0.717) is 6.61 Å². The molecule has 31 heavy (non-hydrogen) atoms. The number of para-hydroxylation sites is 1. The van der Waals surface area contributed by atoms with Crippen molar-refractivity contribution in [3.05, 3.63) is 94.2 Å². The third kappa shape index (κ3) is 3.57. The number of aryl methyl sites for hydroxylation is 1. The van der Waals surface area contributed by atoms with Crippen LogP contribution in [0.4, 0.5) is 0 Å². The van der Waals surface area contributed by atoms with Crippen molar-refractivity contribution in [3.8, 4) is 11.5 Å². The van der Waals surface area contributed by atoms with Crippen molar-refractivity contribution in [2.24, 2.45) is 0 Å². The van der Waals surface area contributed by atoms with Gasteiger partial charge in [0.2, 0.25) is 0 Å². The van der Waals surface area contributed by atoms with Gasteiger partial charge in [0.15, 0.2) is 0 Å². The molecule has 4 aromatic rings. The van der Waals surface area contributed by atoms with Gasteiger partial charge in [0.25, 0.3) is 0 Å². The van der Waals surface area contributed by atoms with Gasteiger partial charge in [-0.2, -0.15) is 0 Å². The molecule has 2 heterocycles.